The van der Waals surface area contributed by atoms with Gasteiger partial charge in [0, 0.05) is 10.4 Å². The number of thiophene rings is 1. The number of aliphatic hydroxyl groups is 1. The van der Waals surface area contributed by atoms with Gasteiger partial charge in [0.1, 0.15) is 11.4 Å². The molecule has 1 N–H and O–H groups in total. The molecule has 1 aromatic heterocycles. The maximum absolute atomic E-state index is 13.7. The van der Waals surface area contributed by atoms with Crippen LogP contribution in [0.25, 0.3) is 0 Å². The van der Waals surface area contributed by atoms with Gasteiger partial charge in [-0.2, -0.15) is 0 Å². The lowest BCUT2D eigenvalue weighted by Gasteiger charge is -2.26. The van der Waals surface area contributed by atoms with E-state index < -0.39 is 5.60 Å². The van der Waals surface area contributed by atoms with E-state index in [1.54, 1.807) is 18.2 Å². The summed E-state index contributed by atoms with van der Waals surface area (Å²) in [5, 5.41) is 12.5. The van der Waals surface area contributed by atoms with Crippen molar-refractivity contribution >= 4 is 11.3 Å². The second-order valence-corrected chi connectivity index (χ2v) is 4.62. The summed E-state index contributed by atoms with van der Waals surface area (Å²) in [7, 11) is 0. The molecule has 0 bridgehead atoms. The number of halogens is 1. The normalized spacial score (nSPS) is 14.7. The molecule has 2 aromatic rings. The maximum atomic E-state index is 13.7. The van der Waals surface area contributed by atoms with Crippen molar-refractivity contribution in [2.45, 2.75) is 18.9 Å². The predicted molar refractivity (Wildman–Crippen MR) is 64.0 cm³/mol. The third kappa shape index (κ3) is 1.77. The number of benzene rings is 1. The lowest BCUT2D eigenvalue weighted by molar-refractivity contribution is 0.0764. The van der Waals surface area contributed by atoms with Gasteiger partial charge in [0.25, 0.3) is 0 Å². The minimum Gasteiger partial charge on any atom is -0.379 e. The first-order valence-electron chi connectivity index (χ1n) is 5.20. The van der Waals surface area contributed by atoms with Crippen molar-refractivity contribution in [3.05, 3.63) is 58.0 Å². The summed E-state index contributed by atoms with van der Waals surface area (Å²) in [4.78, 5) is 0.778. The Morgan fingerprint density at radius 1 is 1.25 bits per heavy atom. The van der Waals surface area contributed by atoms with Crippen molar-refractivity contribution in [1.82, 2.24) is 0 Å². The molecular formula is C13H13FOS. The van der Waals surface area contributed by atoms with Crippen molar-refractivity contribution in [2.75, 3.05) is 0 Å². The summed E-state index contributed by atoms with van der Waals surface area (Å²) in [5.41, 5.74) is -0.862. The lowest BCUT2D eigenvalue weighted by Crippen LogP contribution is -2.26. The molecule has 1 heterocycles. The van der Waals surface area contributed by atoms with E-state index in [2.05, 4.69) is 0 Å². The van der Waals surface area contributed by atoms with Gasteiger partial charge < -0.3 is 5.11 Å². The van der Waals surface area contributed by atoms with Crippen LogP contribution in [-0.4, -0.2) is 5.11 Å². The van der Waals surface area contributed by atoms with Gasteiger partial charge in [-0.05, 0) is 23.9 Å². The van der Waals surface area contributed by atoms with Gasteiger partial charge in [0.15, 0.2) is 0 Å². The van der Waals surface area contributed by atoms with Gasteiger partial charge in [-0.3, -0.25) is 0 Å². The van der Waals surface area contributed by atoms with Crippen LogP contribution in [0.15, 0.2) is 41.8 Å². The van der Waals surface area contributed by atoms with Crippen LogP contribution in [0.1, 0.15) is 23.8 Å². The van der Waals surface area contributed by atoms with Gasteiger partial charge in [-0.1, -0.05) is 31.2 Å². The fraction of sp³-hybridized carbons (Fsp3) is 0.231. The minimum absolute atomic E-state index is 0.347. The Kier molecular flexibility index (Phi) is 3.08. The van der Waals surface area contributed by atoms with Crippen LogP contribution < -0.4 is 0 Å². The molecule has 0 aliphatic rings. The van der Waals surface area contributed by atoms with E-state index in [4.69, 9.17) is 0 Å². The molecule has 1 unspecified atom stereocenters. The van der Waals surface area contributed by atoms with Gasteiger partial charge in [0.2, 0.25) is 0 Å². The third-order valence-electron chi connectivity index (χ3n) is 2.76. The highest BCUT2D eigenvalue weighted by Crippen LogP contribution is 2.36. The second kappa shape index (κ2) is 4.36. The van der Waals surface area contributed by atoms with E-state index in [1.165, 1.54) is 17.4 Å². The predicted octanol–water partition coefficient (Wildman–Crippen LogP) is 3.53. The van der Waals surface area contributed by atoms with Crippen molar-refractivity contribution < 1.29 is 9.50 Å². The molecule has 3 heteroatoms. The monoisotopic (exact) mass is 236 g/mol. The molecule has 0 aliphatic carbocycles. The zero-order valence-electron chi connectivity index (χ0n) is 8.98. The van der Waals surface area contributed by atoms with E-state index in [1.807, 2.05) is 24.4 Å². The molecule has 1 aromatic carbocycles. The highest BCUT2D eigenvalue weighted by molar-refractivity contribution is 7.10. The number of rotatable bonds is 3. The standard InChI is InChI=1S/C13H13FOS/c1-2-13(15,12-8-5-9-16-12)10-6-3-4-7-11(10)14/h3-9,15H,2H2,1H3. The fourth-order valence-electron chi connectivity index (χ4n) is 1.81. The molecule has 0 radical (unpaired) electrons. The van der Waals surface area contributed by atoms with Crippen molar-refractivity contribution in [3.63, 3.8) is 0 Å². The Labute approximate surface area is 98.2 Å². The largest absolute Gasteiger partial charge is 0.379 e. The van der Waals surface area contributed by atoms with E-state index in [0.29, 0.717) is 12.0 Å². The van der Waals surface area contributed by atoms with Crippen LogP contribution in [0.2, 0.25) is 0 Å². The van der Waals surface area contributed by atoms with Crippen LogP contribution in [0, 0.1) is 5.82 Å². The van der Waals surface area contributed by atoms with Crippen LogP contribution in [0.5, 0.6) is 0 Å². The molecule has 1 nitrogen and oxygen atoms in total. The number of hydrogen-bond donors (Lipinski definition) is 1. The zero-order chi connectivity index (χ0) is 11.6. The molecule has 2 rings (SSSR count). The number of hydrogen-bond acceptors (Lipinski definition) is 2. The molecule has 16 heavy (non-hydrogen) atoms. The smallest absolute Gasteiger partial charge is 0.129 e. The van der Waals surface area contributed by atoms with Gasteiger partial charge in [-0.25, -0.2) is 4.39 Å². The van der Waals surface area contributed by atoms with Gasteiger partial charge in [-0.15, -0.1) is 11.3 Å². The molecule has 0 fully saturated rings. The maximum Gasteiger partial charge on any atom is 0.129 e. The molecule has 0 saturated heterocycles. The second-order valence-electron chi connectivity index (χ2n) is 3.67. The molecule has 1 atom stereocenters. The van der Waals surface area contributed by atoms with Crippen LogP contribution in [0.3, 0.4) is 0 Å². The average molecular weight is 236 g/mol. The zero-order valence-corrected chi connectivity index (χ0v) is 9.80. The molecule has 0 spiro atoms. The molecule has 84 valence electrons. The quantitative estimate of drug-likeness (QED) is 0.864. The highest BCUT2D eigenvalue weighted by atomic mass is 32.1. The van der Waals surface area contributed by atoms with Crippen molar-refractivity contribution in [2.24, 2.45) is 0 Å². The molecular weight excluding hydrogens is 223 g/mol. The Hall–Kier alpha value is -1.19. The summed E-state index contributed by atoms with van der Waals surface area (Å²) in [6, 6.07) is 10.1. The van der Waals surface area contributed by atoms with Crippen LogP contribution in [-0.2, 0) is 5.60 Å². The lowest BCUT2D eigenvalue weighted by atomic mass is 9.89. The van der Waals surface area contributed by atoms with Crippen molar-refractivity contribution in [1.29, 1.82) is 0 Å². The Morgan fingerprint density at radius 3 is 2.56 bits per heavy atom. The topological polar surface area (TPSA) is 20.2 Å². The Balaban J connectivity index is 2.55. The van der Waals surface area contributed by atoms with E-state index in [9.17, 15) is 9.50 Å². The van der Waals surface area contributed by atoms with Crippen LogP contribution >= 0.6 is 11.3 Å². The van der Waals surface area contributed by atoms with Crippen LogP contribution in [0.4, 0.5) is 4.39 Å². The average Bonchev–Trinajstić information content (AvgIpc) is 2.82. The van der Waals surface area contributed by atoms with Gasteiger partial charge in [0.05, 0.1) is 0 Å². The molecule has 0 aliphatic heterocycles. The summed E-state index contributed by atoms with van der Waals surface area (Å²) in [5.74, 6) is -0.361. The first-order chi connectivity index (χ1) is 7.68. The SMILES string of the molecule is CCC(O)(c1cccs1)c1ccccc1F. The molecule has 0 amide bonds. The van der Waals surface area contributed by atoms with E-state index in [0.717, 1.165) is 4.88 Å². The Bertz CT molecular complexity index is 467. The minimum atomic E-state index is -1.21. The summed E-state index contributed by atoms with van der Waals surface area (Å²) >= 11 is 1.44. The summed E-state index contributed by atoms with van der Waals surface area (Å²) in [6.07, 6.45) is 0.453. The van der Waals surface area contributed by atoms with Gasteiger partial charge >= 0.3 is 0 Å². The fourth-order valence-corrected chi connectivity index (χ4v) is 2.72. The first kappa shape index (κ1) is 11.3. The van der Waals surface area contributed by atoms with Crippen molar-refractivity contribution in [3.8, 4) is 0 Å². The van der Waals surface area contributed by atoms with E-state index >= 15 is 0 Å². The first-order valence-corrected chi connectivity index (χ1v) is 6.08. The third-order valence-corrected chi connectivity index (χ3v) is 3.78. The highest BCUT2D eigenvalue weighted by Gasteiger charge is 2.32. The summed E-state index contributed by atoms with van der Waals surface area (Å²) < 4.78 is 13.7. The molecule has 0 saturated carbocycles. The van der Waals surface area contributed by atoms with E-state index in [-0.39, 0.29) is 5.82 Å². The summed E-state index contributed by atoms with van der Waals surface area (Å²) in [6.45, 7) is 1.85. The Morgan fingerprint density at radius 2 is 2.00 bits per heavy atom.